The molecule has 0 aromatic heterocycles. The molecule has 1 unspecified atom stereocenters. The summed E-state index contributed by atoms with van der Waals surface area (Å²) in [6.45, 7) is 6.28. The first kappa shape index (κ1) is 49.9. The lowest BCUT2D eigenvalue weighted by molar-refractivity contribution is -0.167. The third-order valence-corrected chi connectivity index (χ3v) is 8.68. The van der Waals surface area contributed by atoms with Crippen LogP contribution in [-0.2, 0) is 28.6 Å². The molecular weight excluding hydrogens is 661 g/mol. The van der Waals surface area contributed by atoms with Crippen LogP contribution in [0.3, 0.4) is 0 Å². The van der Waals surface area contributed by atoms with Gasteiger partial charge in [-0.1, -0.05) is 145 Å². The monoisotopic (exact) mass is 739 g/mol. The number of esters is 3. The first-order valence-electron chi connectivity index (χ1n) is 21.4. The lowest BCUT2D eigenvalue weighted by Gasteiger charge is -2.18. The number of rotatable bonds is 37. The molecule has 0 aliphatic heterocycles. The van der Waals surface area contributed by atoms with Crippen molar-refractivity contribution in [3.8, 4) is 0 Å². The van der Waals surface area contributed by atoms with E-state index in [0.717, 1.165) is 83.5 Å². The molecule has 0 spiro atoms. The molecule has 0 aliphatic carbocycles. The van der Waals surface area contributed by atoms with Crippen molar-refractivity contribution < 1.29 is 28.6 Å². The van der Waals surface area contributed by atoms with Gasteiger partial charge in [-0.05, 0) is 96.3 Å². The molecule has 0 aromatic rings. The Hall–Kier alpha value is -3.15. The van der Waals surface area contributed by atoms with E-state index in [0.29, 0.717) is 25.7 Å². The van der Waals surface area contributed by atoms with Crippen LogP contribution < -0.4 is 0 Å². The van der Waals surface area contributed by atoms with Gasteiger partial charge in [0.05, 0.1) is 0 Å². The van der Waals surface area contributed by atoms with Crippen molar-refractivity contribution >= 4 is 17.9 Å². The Labute approximate surface area is 325 Å². The summed E-state index contributed by atoms with van der Waals surface area (Å²) in [4.78, 5) is 37.6. The third-order valence-electron chi connectivity index (χ3n) is 8.68. The average molecular weight is 739 g/mol. The lowest BCUT2D eigenvalue weighted by Crippen LogP contribution is -2.30. The van der Waals surface area contributed by atoms with Crippen LogP contribution in [0, 0.1) is 0 Å². The minimum Gasteiger partial charge on any atom is -0.462 e. The SMILES string of the molecule is CC/C=C\C/C=C\C/C=C\CCCCC(=O)OC(COC(=O)CCC/C=C\CCCCCC)COC(=O)CCCCCCCCC/C=C\C/C=C\CC. The molecule has 0 heterocycles. The van der Waals surface area contributed by atoms with Crippen molar-refractivity contribution in [3.63, 3.8) is 0 Å². The third kappa shape index (κ3) is 39.9. The van der Waals surface area contributed by atoms with Crippen LogP contribution in [0.4, 0.5) is 0 Å². The van der Waals surface area contributed by atoms with Gasteiger partial charge < -0.3 is 14.2 Å². The quantitative estimate of drug-likeness (QED) is 0.0273. The fourth-order valence-corrected chi connectivity index (χ4v) is 5.50. The van der Waals surface area contributed by atoms with Gasteiger partial charge in [0, 0.05) is 19.3 Å². The van der Waals surface area contributed by atoms with Gasteiger partial charge in [-0.15, -0.1) is 0 Å². The number of ether oxygens (including phenoxy) is 3. The molecule has 1 atom stereocenters. The molecule has 0 bridgehead atoms. The molecule has 6 nitrogen and oxygen atoms in total. The van der Waals surface area contributed by atoms with Crippen LogP contribution in [0.15, 0.2) is 72.9 Å². The maximum absolute atomic E-state index is 12.7. The number of carbonyl (C=O) groups is 3. The fourth-order valence-electron chi connectivity index (χ4n) is 5.50. The van der Waals surface area contributed by atoms with Gasteiger partial charge in [0.25, 0.3) is 0 Å². The largest absolute Gasteiger partial charge is 0.462 e. The highest BCUT2D eigenvalue weighted by atomic mass is 16.6. The van der Waals surface area contributed by atoms with Crippen LogP contribution in [0.5, 0.6) is 0 Å². The second-order valence-electron chi connectivity index (χ2n) is 13.8. The zero-order valence-corrected chi connectivity index (χ0v) is 34.3. The van der Waals surface area contributed by atoms with Gasteiger partial charge in [-0.2, -0.15) is 0 Å². The fraction of sp³-hybridized carbons (Fsp3) is 0.681. The van der Waals surface area contributed by atoms with Gasteiger partial charge in [0.15, 0.2) is 6.10 Å². The molecule has 0 N–H and O–H groups in total. The predicted octanol–water partition coefficient (Wildman–Crippen LogP) is 13.5. The minimum atomic E-state index is -0.806. The highest BCUT2D eigenvalue weighted by Gasteiger charge is 2.19. The van der Waals surface area contributed by atoms with Gasteiger partial charge in [0.2, 0.25) is 0 Å². The number of unbranched alkanes of at least 4 members (excludes halogenated alkanes) is 14. The molecule has 53 heavy (non-hydrogen) atoms. The van der Waals surface area contributed by atoms with Gasteiger partial charge >= 0.3 is 17.9 Å². The van der Waals surface area contributed by atoms with Crippen LogP contribution >= 0.6 is 0 Å². The minimum absolute atomic E-state index is 0.105. The normalized spacial score (nSPS) is 12.7. The first-order valence-corrected chi connectivity index (χ1v) is 21.4. The molecule has 6 heteroatoms. The molecule has 0 amide bonds. The average Bonchev–Trinajstić information content (AvgIpc) is 3.15. The van der Waals surface area contributed by atoms with E-state index in [1.807, 2.05) is 0 Å². The first-order chi connectivity index (χ1) is 26.0. The van der Waals surface area contributed by atoms with E-state index in [-0.39, 0.29) is 37.5 Å². The van der Waals surface area contributed by atoms with Crippen molar-refractivity contribution in [1.82, 2.24) is 0 Å². The van der Waals surface area contributed by atoms with Crippen molar-refractivity contribution in [2.45, 2.75) is 194 Å². The van der Waals surface area contributed by atoms with Crippen LogP contribution in [-0.4, -0.2) is 37.2 Å². The van der Waals surface area contributed by atoms with Gasteiger partial charge in [-0.3, -0.25) is 14.4 Å². The Morgan fingerprint density at radius 3 is 1.28 bits per heavy atom. The number of allylic oxidation sites excluding steroid dienone is 12. The van der Waals surface area contributed by atoms with Crippen molar-refractivity contribution in [3.05, 3.63) is 72.9 Å². The molecule has 0 radical (unpaired) electrons. The highest BCUT2D eigenvalue weighted by molar-refractivity contribution is 5.71. The molecular formula is C47H78O6. The van der Waals surface area contributed by atoms with Gasteiger partial charge in [0.1, 0.15) is 13.2 Å². The summed E-state index contributed by atoms with van der Waals surface area (Å²) in [7, 11) is 0. The summed E-state index contributed by atoms with van der Waals surface area (Å²) in [6.07, 6.45) is 50.4. The zero-order valence-electron chi connectivity index (χ0n) is 34.3. The van der Waals surface area contributed by atoms with Crippen molar-refractivity contribution in [1.29, 1.82) is 0 Å². The molecule has 0 fully saturated rings. The van der Waals surface area contributed by atoms with Crippen molar-refractivity contribution in [2.24, 2.45) is 0 Å². The van der Waals surface area contributed by atoms with E-state index in [2.05, 4.69) is 93.7 Å². The summed E-state index contributed by atoms with van der Waals surface area (Å²) in [5, 5.41) is 0. The molecule has 0 saturated carbocycles. The Morgan fingerprint density at radius 1 is 0.396 bits per heavy atom. The summed E-state index contributed by atoms with van der Waals surface area (Å²) in [5.41, 5.74) is 0. The lowest BCUT2D eigenvalue weighted by atomic mass is 10.1. The van der Waals surface area contributed by atoms with E-state index in [4.69, 9.17) is 14.2 Å². The molecule has 0 saturated heterocycles. The van der Waals surface area contributed by atoms with E-state index in [9.17, 15) is 14.4 Å². The predicted molar refractivity (Wildman–Crippen MR) is 224 cm³/mol. The number of carbonyl (C=O) groups excluding carboxylic acids is 3. The molecule has 302 valence electrons. The highest BCUT2D eigenvalue weighted by Crippen LogP contribution is 2.12. The summed E-state index contributed by atoms with van der Waals surface area (Å²) in [6, 6.07) is 0. The summed E-state index contributed by atoms with van der Waals surface area (Å²) in [5.74, 6) is -0.999. The van der Waals surface area contributed by atoms with E-state index in [1.54, 1.807) is 0 Å². The molecule has 0 aliphatic rings. The maximum Gasteiger partial charge on any atom is 0.306 e. The Balaban J connectivity index is 4.46. The smallest absolute Gasteiger partial charge is 0.306 e. The summed E-state index contributed by atoms with van der Waals surface area (Å²) >= 11 is 0. The summed E-state index contributed by atoms with van der Waals surface area (Å²) < 4.78 is 16.6. The zero-order chi connectivity index (χ0) is 38.7. The number of hydrogen-bond acceptors (Lipinski definition) is 6. The topological polar surface area (TPSA) is 78.9 Å². The van der Waals surface area contributed by atoms with Gasteiger partial charge in [-0.25, -0.2) is 0 Å². The Kier molecular flexibility index (Phi) is 39.1. The Morgan fingerprint density at radius 2 is 0.755 bits per heavy atom. The second kappa shape index (κ2) is 41.6. The molecule has 0 aromatic carbocycles. The van der Waals surface area contributed by atoms with E-state index < -0.39 is 6.10 Å². The molecule has 0 rings (SSSR count). The van der Waals surface area contributed by atoms with Crippen LogP contribution in [0.1, 0.15) is 188 Å². The van der Waals surface area contributed by atoms with Crippen molar-refractivity contribution in [2.75, 3.05) is 13.2 Å². The standard InChI is InChI=1S/C47H78O6/c1-4-7-10-13-16-19-21-23-24-26-28-31-34-37-40-46(49)52-43-44(42-51-45(48)39-36-33-30-27-18-15-12-9-6-3)53-47(50)41-38-35-32-29-25-22-20-17-14-11-8-5-2/h7-8,10-11,16-17,19-20,25,27,29-30,44H,4-6,9,12-15,18,21-24,26,28,31-43H2,1-3H3/b10-7-,11-8-,19-16-,20-17-,29-25-,30-27-. The van der Waals surface area contributed by atoms with Crippen LogP contribution in [0.25, 0.3) is 0 Å². The maximum atomic E-state index is 12.7. The van der Waals surface area contributed by atoms with E-state index >= 15 is 0 Å². The Bertz CT molecular complexity index is 1030. The van der Waals surface area contributed by atoms with E-state index in [1.165, 1.54) is 51.4 Å². The van der Waals surface area contributed by atoms with Crippen LogP contribution in [0.2, 0.25) is 0 Å². The second-order valence-corrected chi connectivity index (χ2v) is 13.8. The number of hydrogen-bond donors (Lipinski definition) is 0.